The molecule has 3 nitrogen and oxygen atoms in total. The molecule has 1 aromatic carbocycles. The third-order valence-corrected chi connectivity index (χ3v) is 1.71. The van der Waals surface area contributed by atoms with Crippen LogP contribution in [0, 0.1) is 0 Å². The summed E-state index contributed by atoms with van der Waals surface area (Å²) >= 11 is 0. The van der Waals surface area contributed by atoms with Gasteiger partial charge in [-0.3, -0.25) is 0 Å². The van der Waals surface area contributed by atoms with E-state index >= 15 is 0 Å². The summed E-state index contributed by atoms with van der Waals surface area (Å²) in [5.41, 5.74) is 6.13. The molecule has 12 heavy (non-hydrogen) atoms. The molecule has 0 aliphatic rings. The maximum absolute atomic E-state index is 9.49. The van der Waals surface area contributed by atoms with Crippen molar-refractivity contribution in [2.75, 3.05) is 0 Å². The van der Waals surface area contributed by atoms with Crippen LogP contribution in [0.2, 0.25) is 0 Å². The van der Waals surface area contributed by atoms with E-state index in [1.54, 1.807) is 25.1 Å². The van der Waals surface area contributed by atoms with Crippen molar-refractivity contribution >= 4 is 0 Å². The van der Waals surface area contributed by atoms with E-state index in [-0.39, 0.29) is 11.8 Å². The van der Waals surface area contributed by atoms with Crippen molar-refractivity contribution in [3.63, 3.8) is 0 Å². The lowest BCUT2D eigenvalue weighted by molar-refractivity contribution is 0.153. The second-order valence-corrected chi connectivity index (χ2v) is 2.90. The largest absolute Gasteiger partial charge is 0.508 e. The Morgan fingerprint density at radius 1 is 1.42 bits per heavy atom. The van der Waals surface area contributed by atoms with Gasteiger partial charge in [0, 0.05) is 6.04 Å². The summed E-state index contributed by atoms with van der Waals surface area (Å²) < 4.78 is 0. The highest BCUT2D eigenvalue weighted by Gasteiger charge is 2.11. The number of nitrogens with two attached hydrogens (primary N) is 1. The summed E-state index contributed by atoms with van der Waals surface area (Å²) in [4.78, 5) is 0. The van der Waals surface area contributed by atoms with E-state index in [2.05, 4.69) is 0 Å². The Morgan fingerprint density at radius 2 is 2.08 bits per heavy atom. The molecule has 0 fully saturated rings. The first-order valence-corrected chi connectivity index (χ1v) is 3.84. The Labute approximate surface area is 71.5 Å². The molecule has 2 atom stereocenters. The second kappa shape index (κ2) is 3.56. The first-order valence-electron chi connectivity index (χ1n) is 3.84. The van der Waals surface area contributed by atoms with Crippen molar-refractivity contribution < 1.29 is 10.2 Å². The third kappa shape index (κ3) is 1.96. The van der Waals surface area contributed by atoms with Crippen LogP contribution in [0.15, 0.2) is 24.3 Å². The van der Waals surface area contributed by atoms with Crippen molar-refractivity contribution in [3.05, 3.63) is 29.8 Å². The molecule has 0 spiro atoms. The van der Waals surface area contributed by atoms with Gasteiger partial charge in [-0.2, -0.15) is 0 Å². The number of hydrogen-bond donors (Lipinski definition) is 3. The Balaban J connectivity index is 2.88. The summed E-state index contributed by atoms with van der Waals surface area (Å²) in [5, 5.41) is 18.6. The van der Waals surface area contributed by atoms with E-state index in [0.29, 0.717) is 5.56 Å². The standard InChI is InChI=1S/C9H13NO2/c1-6(10)9(12)7-3-2-4-8(11)5-7/h2-6,9,11-12H,10H2,1H3/t6-,9?/m1/s1. The van der Waals surface area contributed by atoms with Crippen molar-refractivity contribution in [1.82, 2.24) is 0 Å². The molecule has 0 saturated carbocycles. The van der Waals surface area contributed by atoms with Crippen LogP contribution >= 0.6 is 0 Å². The van der Waals surface area contributed by atoms with Crippen LogP contribution in [-0.4, -0.2) is 16.3 Å². The molecule has 1 aromatic rings. The van der Waals surface area contributed by atoms with Crippen molar-refractivity contribution in [2.24, 2.45) is 5.73 Å². The Kier molecular flexibility index (Phi) is 2.68. The Morgan fingerprint density at radius 3 is 2.58 bits per heavy atom. The topological polar surface area (TPSA) is 66.5 Å². The number of aliphatic hydroxyl groups excluding tert-OH is 1. The number of hydrogen-bond acceptors (Lipinski definition) is 3. The fraction of sp³-hybridized carbons (Fsp3) is 0.333. The molecule has 0 aliphatic heterocycles. The highest BCUT2D eigenvalue weighted by Crippen LogP contribution is 2.19. The van der Waals surface area contributed by atoms with E-state index in [1.807, 2.05) is 0 Å². The van der Waals surface area contributed by atoms with Gasteiger partial charge in [-0.25, -0.2) is 0 Å². The minimum absolute atomic E-state index is 0.146. The van der Waals surface area contributed by atoms with Crippen molar-refractivity contribution in [2.45, 2.75) is 19.1 Å². The lowest BCUT2D eigenvalue weighted by Gasteiger charge is -2.14. The minimum atomic E-state index is -0.711. The minimum Gasteiger partial charge on any atom is -0.508 e. The monoisotopic (exact) mass is 167 g/mol. The zero-order valence-electron chi connectivity index (χ0n) is 6.94. The van der Waals surface area contributed by atoms with Crippen LogP contribution in [0.4, 0.5) is 0 Å². The SMILES string of the molecule is C[C@@H](N)C(O)c1cccc(O)c1. The van der Waals surface area contributed by atoms with Crippen LogP contribution in [0.5, 0.6) is 5.75 Å². The summed E-state index contributed by atoms with van der Waals surface area (Å²) in [6, 6.07) is 6.14. The van der Waals surface area contributed by atoms with Gasteiger partial charge in [0.25, 0.3) is 0 Å². The fourth-order valence-electron chi connectivity index (χ4n) is 1.01. The first-order chi connectivity index (χ1) is 5.61. The summed E-state index contributed by atoms with van der Waals surface area (Å²) in [5.74, 6) is 0.146. The highest BCUT2D eigenvalue weighted by atomic mass is 16.3. The van der Waals surface area contributed by atoms with E-state index in [0.717, 1.165) is 0 Å². The Bertz CT molecular complexity index is 260. The van der Waals surface area contributed by atoms with Gasteiger partial charge in [-0.15, -0.1) is 0 Å². The maximum atomic E-state index is 9.49. The summed E-state index contributed by atoms with van der Waals surface area (Å²) in [7, 11) is 0. The molecule has 0 heterocycles. The molecule has 0 aromatic heterocycles. The van der Waals surface area contributed by atoms with Gasteiger partial charge in [-0.05, 0) is 24.6 Å². The molecule has 0 bridgehead atoms. The van der Waals surface area contributed by atoms with E-state index in [1.165, 1.54) is 6.07 Å². The number of aromatic hydroxyl groups is 1. The van der Waals surface area contributed by atoms with Gasteiger partial charge >= 0.3 is 0 Å². The predicted molar refractivity (Wildman–Crippen MR) is 46.7 cm³/mol. The normalized spacial score (nSPS) is 15.6. The molecule has 4 N–H and O–H groups in total. The molecule has 66 valence electrons. The van der Waals surface area contributed by atoms with Crippen LogP contribution in [0.25, 0.3) is 0 Å². The molecule has 0 radical (unpaired) electrons. The predicted octanol–water partition coefficient (Wildman–Crippen LogP) is 0.773. The van der Waals surface area contributed by atoms with Gasteiger partial charge in [0.05, 0.1) is 6.10 Å². The lowest BCUT2D eigenvalue weighted by Crippen LogP contribution is -2.24. The smallest absolute Gasteiger partial charge is 0.115 e. The van der Waals surface area contributed by atoms with Gasteiger partial charge in [0.2, 0.25) is 0 Å². The molecule has 3 heteroatoms. The average molecular weight is 167 g/mol. The third-order valence-electron chi connectivity index (χ3n) is 1.71. The quantitative estimate of drug-likeness (QED) is 0.609. The van der Waals surface area contributed by atoms with Gasteiger partial charge in [0.1, 0.15) is 5.75 Å². The number of phenols is 1. The maximum Gasteiger partial charge on any atom is 0.115 e. The van der Waals surface area contributed by atoms with E-state index in [4.69, 9.17) is 10.8 Å². The van der Waals surface area contributed by atoms with Gasteiger partial charge < -0.3 is 15.9 Å². The summed E-state index contributed by atoms with van der Waals surface area (Å²) in [6.45, 7) is 1.72. The molecule has 1 unspecified atom stereocenters. The van der Waals surface area contributed by atoms with Crippen molar-refractivity contribution in [1.29, 1.82) is 0 Å². The van der Waals surface area contributed by atoms with Crippen LogP contribution in [0.1, 0.15) is 18.6 Å². The zero-order valence-corrected chi connectivity index (χ0v) is 6.94. The van der Waals surface area contributed by atoms with Gasteiger partial charge in [-0.1, -0.05) is 12.1 Å². The molecular weight excluding hydrogens is 154 g/mol. The lowest BCUT2D eigenvalue weighted by atomic mass is 10.0. The highest BCUT2D eigenvalue weighted by molar-refractivity contribution is 5.29. The molecule has 0 amide bonds. The van der Waals surface area contributed by atoms with Crippen LogP contribution in [-0.2, 0) is 0 Å². The molecule has 0 saturated heterocycles. The van der Waals surface area contributed by atoms with Crippen LogP contribution < -0.4 is 5.73 Å². The molecule has 0 aliphatic carbocycles. The average Bonchev–Trinajstić information content (AvgIpc) is 2.03. The number of rotatable bonds is 2. The van der Waals surface area contributed by atoms with E-state index < -0.39 is 6.10 Å². The van der Waals surface area contributed by atoms with Gasteiger partial charge in [0.15, 0.2) is 0 Å². The van der Waals surface area contributed by atoms with E-state index in [9.17, 15) is 5.11 Å². The molecule has 1 rings (SSSR count). The second-order valence-electron chi connectivity index (χ2n) is 2.90. The molecular formula is C9H13NO2. The van der Waals surface area contributed by atoms with Crippen LogP contribution in [0.3, 0.4) is 0 Å². The first kappa shape index (κ1) is 9.03. The van der Waals surface area contributed by atoms with Crippen molar-refractivity contribution in [3.8, 4) is 5.75 Å². The number of benzene rings is 1. The Hall–Kier alpha value is -1.06. The fourth-order valence-corrected chi connectivity index (χ4v) is 1.01. The number of phenolic OH excluding ortho intramolecular Hbond substituents is 1. The number of aliphatic hydroxyl groups is 1. The summed E-state index contributed by atoms with van der Waals surface area (Å²) in [6.07, 6.45) is -0.711. The zero-order chi connectivity index (χ0) is 9.14.